The Hall–Kier alpha value is -2.07. The lowest BCUT2D eigenvalue weighted by molar-refractivity contribution is 0.802. The third-order valence-electron chi connectivity index (χ3n) is 2.91. The van der Waals surface area contributed by atoms with Crippen molar-refractivity contribution in [2.24, 2.45) is 7.05 Å². The summed E-state index contributed by atoms with van der Waals surface area (Å²) >= 11 is 6.18. The Balaban J connectivity index is 2.42. The molecular weight excluding hydrogens is 248 g/mol. The molecular formula is C13H11ClN4. The molecule has 0 aliphatic rings. The molecule has 0 atom stereocenters. The first-order valence-corrected chi connectivity index (χ1v) is 5.88. The fourth-order valence-corrected chi connectivity index (χ4v) is 2.39. The first-order chi connectivity index (χ1) is 8.68. The molecule has 2 N–H and O–H groups in total. The summed E-state index contributed by atoms with van der Waals surface area (Å²) in [5, 5.41) is 5.61. The highest BCUT2D eigenvalue weighted by atomic mass is 35.5. The van der Waals surface area contributed by atoms with E-state index in [4.69, 9.17) is 17.3 Å². The fraction of sp³-hybridized carbons (Fsp3) is 0.0769. The summed E-state index contributed by atoms with van der Waals surface area (Å²) in [6.45, 7) is 0. The second-order valence-corrected chi connectivity index (χ2v) is 4.45. The van der Waals surface area contributed by atoms with Gasteiger partial charge in [0.25, 0.3) is 0 Å². The number of nitrogen functional groups attached to an aromatic ring is 1. The number of benzene rings is 1. The molecule has 0 radical (unpaired) electrons. The maximum Gasteiger partial charge on any atom is 0.154 e. The zero-order valence-electron chi connectivity index (χ0n) is 9.76. The molecule has 2 heterocycles. The molecule has 0 spiro atoms. The highest BCUT2D eigenvalue weighted by Crippen LogP contribution is 2.34. The van der Waals surface area contributed by atoms with Crippen LogP contribution in [0.15, 0.2) is 36.5 Å². The van der Waals surface area contributed by atoms with Crippen molar-refractivity contribution in [2.45, 2.75) is 0 Å². The second kappa shape index (κ2) is 3.99. The van der Waals surface area contributed by atoms with Crippen molar-refractivity contribution in [1.82, 2.24) is 14.8 Å². The van der Waals surface area contributed by atoms with E-state index in [0.717, 1.165) is 22.2 Å². The van der Waals surface area contributed by atoms with Crippen molar-refractivity contribution in [3.63, 3.8) is 0 Å². The van der Waals surface area contributed by atoms with E-state index in [-0.39, 0.29) is 0 Å². The summed E-state index contributed by atoms with van der Waals surface area (Å²) < 4.78 is 1.74. The Morgan fingerprint density at radius 1 is 1.22 bits per heavy atom. The first-order valence-electron chi connectivity index (χ1n) is 5.50. The molecule has 3 aromatic rings. The lowest BCUT2D eigenvalue weighted by atomic mass is 10.1. The van der Waals surface area contributed by atoms with Gasteiger partial charge in [0, 0.05) is 18.8 Å². The van der Waals surface area contributed by atoms with E-state index in [2.05, 4.69) is 10.1 Å². The summed E-state index contributed by atoms with van der Waals surface area (Å²) in [7, 11) is 1.85. The third kappa shape index (κ3) is 1.54. The maximum absolute atomic E-state index is 6.18. The molecule has 1 aromatic carbocycles. The van der Waals surface area contributed by atoms with Crippen molar-refractivity contribution in [3.8, 4) is 11.3 Å². The highest BCUT2D eigenvalue weighted by Gasteiger charge is 2.15. The standard InChI is InChI=1S/C13H11ClN4/c1-18-12-8(10-4-2-3-7-16-10)5-6-9(14)11(12)13(15)17-18/h2-7H,1H3,(H2,15,17). The first kappa shape index (κ1) is 11.0. The number of rotatable bonds is 1. The Labute approximate surface area is 109 Å². The van der Waals surface area contributed by atoms with E-state index >= 15 is 0 Å². The lowest BCUT2D eigenvalue weighted by Gasteiger charge is -2.05. The minimum absolute atomic E-state index is 0.440. The minimum Gasteiger partial charge on any atom is -0.382 e. The smallest absolute Gasteiger partial charge is 0.154 e. The molecule has 2 aromatic heterocycles. The van der Waals surface area contributed by atoms with Gasteiger partial charge in [-0.15, -0.1) is 0 Å². The van der Waals surface area contributed by atoms with Crippen molar-refractivity contribution < 1.29 is 0 Å². The summed E-state index contributed by atoms with van der Waals surface area (Å²) in [5.74, 6) is 0.440. The average molecular weight is 259 g/mol. The van der Waals surface area contributed by atoms with Crippen LogP contribution in [0.5, 0.6) is 0 Å². The van der Waals surface area contributed by atoms with Crippen LogP contribution in [0, 0.1) is 0 Å². The van der Waals surface area contributed by atoms with Gasteiger partial charge in [-0.25, -0.2) is 0 Å². The van der Waals surface area contributed by atoms with Crippen LogP contribution in [0.4, 0.5) is 5.82 Å². The Bertz CT molecular complexity index is 719. The Kier molecular flexibility index (Phi) is 2.45. The molecule has 0 aliphatic carbocycles. The minimum atomic E-state index is 0.440. The average Bonchev–Trinajstić information content (AvgIpc) is 2.68. The number of nitrogens with zero attached hydrogens (tertiary/aromatic N) is 3. The molecule has 18 heavy (non-hydrogen) atoms. The predicted molar refractivity (Wildman–Crippen MR) is 73.4 cm³/mol. The largest absolute Gasteiger partial charge is 0.382 e. The van der Waals surface area contributed by atoms with Crippen LogP contribution in [0.2, 0.25) is 5.02 Å². The monoisotopic (exact) mass is 258 g/mol. The molecule has 5 heteroatoms. The van der Waals surface area contributed by atoms with Crippen molar-refractivity contribution in [2.75, 3.05) is 5.73 Å². The SMILES string of the molecule is Cn1nc(N)c2c(Cl)ccc(-c3ccccn3)c21. The number of hydrogen-bond donors (Lipinski definition) is 1. The molecule has 3 rings (SSSR count). The van der Waals surface area contributed by atoms with E-state index in [0.29, 0.717) is 10.8 Å². The molecule has 0 amide bonds. The van der Waals surface area contributed by atoms with E-state index < -0.39 is 0 Å². The number of fused-ring (bicyclic) bond motifs is 1. The zero-order valence-corrected chi connectivity index (χ0v) is 10.5. The van der Waals surface area contributed by atoms with Gasteiger partial charge in [0.1, 0.15) is 0 Å². The molecule has 0 bridgehead atoms. The van der Waals surface area contributed by atoms with Gasteiger partial charge < -0.3 is 5.73 Å². The molecule has 4 nitrogen and oxygen atoms in total. The van der Waals surface area contributed by atoms with Gasteiger partial charge in [-0.2, -0.15) is 5.10 Å². The van der Waals surface area contributed by atoms with Gasteiger partial charge in [-0.05, 0) is 24.3 Å². The Morgan fingerprint density at radius 3 is 2.78 bits per heavy atom. The van der Waals surface area contributed by atoms with Crippen LogP contribution < -0.4 is 5.73 Å². The van der Waals surface area contributed by atoms with E-state index in [1.54, 1.807) is 10.9 Å². The molecule has 0 saturated heterocycles. The summed E-state index contributed by atoms with van der Waals surface area (Å²) in [5.41, 5.74) is 8.64. The van der Waals surface area contributed by atoms with Crippen LogP contribution >= 0.6 is 11.6 Å². The van der Waals surface area contributed by atoms with Gasteiger partial charge >= 0.3 is 0 Å². The molecule has 0 aliphatic heterocycles. The normalized spacial score (nSPS) is 11.0. The van der Waals surface area contributed by atoms with Gasteiger partial charge in [0.2, 0.25) is 0 Å². The summed E-state index contributed by atoms with van der Waals surface area (Å²) in [6.07, 6.45) is 1.76. The zero-order chi connectivity index (χ0) is 12.7. The fourth-order valence-electron chi connectivity index (χ4n) is 2.14. The quantitative estimate of drug-likeness (QED) is 0.730. The maximum atomic E-state index is 6.18. The number of aryl methyl sites for hydroxylation is 1. The number of aromatic nitrogens is 3. The molecule has 0 fully saturated rings. The number of hydrogen-bond acceptors (Lipinski definition) is 3. The second-order valence-electron chi connectivity index (χ2n) is 4.04. The van der Waals surface area contributed by atoms with Crippen molar-refractivity contribution >= 4 is 28.3 Å². The van der Waals surface area contributed by atoms with Crippen LogP contribution in [0.1, 0.15) is 0 Å². The topological polar surface area (TPSA) is 56.7 Å². The third-order valence-corrected chi connectivity index (χ3v) is 3.22. The highest BCUT2D eigenvalue weighted by molar-refractivity contribution is 6.36. The summed E-state index contributed by atoms with van der Waals surface area (Å²) in [6, 6.07) is 9.54. The van der Waals surface area contributed by atoms with Crippen LogP contribution in [0.3, 0.4) is 0 Å². The van der Waals surface area contributed by atoms with Gasteiger partial charge in [-0.3, -0.25) is 9.67 Å². The van der Waals surface area contributed by atoms with Crippen LogP contribution in [-0.2, 0) is 7.05 Å². The summed E-state index contributed by atoms with van der Waals surface area (Å²) in [4.78, 5) is 4.35. The molecule has 0 saturated carbocycles. The predicted octanol–water partition coefficient (Wildman–Crippen LogP) is 2.87. The number of anilines is 1. The van der Waals surface area contributed by atoms with E-state index in [1.165, 1.54) is 0 Å². The van der Waals surface area contributed by atoms with Gasteiger partial charge in [-0.1, -0.05) is 17.7 Å². The van der Waals surface area contributed by atoms with E-state index in [9.17, 15) is 0 Å². The van der Waals surface area contributed by atoms with Crippen molar-refractivity contribution in [3.05, 3.63) is 41.6 Å². The number of nitrogens with two attached hydrogens (primary N) is 1. The molecule has 0 unspecified atom stereocenters. The van der Waals surface area contributed by atoms with E-state index in [1.807, 2.05) is 37.4 Å². The lowest BCUT2D eigenvalue weighted by Crippen LogP contribution is -1.93. The van der Waals surface area contributed by atoms with Crippen LogP contribution in [-0.4, -0.2) is 14.8 Å². The number of pyridine rings is 1. The molecule has 90 valence electrons. The van der Waals surface area contributed by atoms with Gasteiger partial charge in [0.15, 0.2) is 5.82 Å². The van der Waals surface area contributed by atoms with Crippen LogP contribution in [0.25, 0.3) is 22.2 Å². The number of halogens is 1. The van der Waals surface area contributed by atoms with Gasteiger partial charge in [0.05, 0.1) is 21.6 Å². The van der Waals surface area contributed by atoms with Crippen molar-refractivity contribution in [1.29, 1.82) is 0 Å². The Morgan fingerprint density at radius 2 is 2.06 bits per heavy atom.